The van der Waals surface area contributed by atoms with Crippen LogP contribution in [0.4, 0.5) is 23.2 Å². The van der Waals surface area contributed by atoms with E-state index in [0.717, 1.165) is 12.1 Å². The average molecular weight is 396 g/mol. The van der Waals surface area contributed by atoms with Gasteiger partial charge in [-0.15, -0.1) is 0 Å². The van der Waals surface area contributed by atoms with Crippen LogP contribution in [0.15, 0.2) is 23.1 Å². The molecule has 1 amide bonds. The second kappa shape index (κ2) is 7.81. The lowest BCUT2D eigenvalue weighted by atomic mass is 10.0. The predicted molar refractivity (Wildman–Crippen MR) is 87.9 cm³/mol. The maximum Gasteiger partial charge on any atom is 0.501 e. The van der Waals surface area contributed by atoms with Gasteiger partial charge < -0.3 is 10.2 Å². The van der Waals surface area contributed by atoms with Gasteiger partial charge in [0.25, 0.3) is 9.84 Å². The van der Waals surface area contributed by atoms with Crippen molar-refractivity contribution in [3.05, 3.63) is 24.0 Å². The Hall–Kier alpha value is -1.84. The molecule has 146 valence electrons. The van der Waals surface area contributed by atoms with Crippen LogP contribution in [0.1, 0.15) is 32.6 Å². The van der Waals surface area contributed by atoms with Crippen molar-refractivity contribution in [2.75, 3.05) is 18.0 Å². The quantitative estimate of drug-likeness (QED) is 0.777. The Morgan fingerprint density at radius 1 is 1.35 bits per heavy atom. The summed E-state index contributed by atoms with van der Waals surface area (Å²) in [6.45, 7) is 2.31. The lowest BCUT2D eigenvalue weighted by Crippen LogP contribution is -2.48. The first-order valence-electron chi connectivity index (χ1n) is 8.21. The fraction of sp³-hybridized carbons (Fsp3) is 0.562. The highest BCUT2D eigenvalue weighted by atomic mass is 32.2. The summed E-state index contributed by atoms with van der Waals surface area (Å²) < 4.78 is 75.9. The van der Waals surface area contributed by atoms with Crippen LogP contribution in [-0.4, -0.2) is 39.0 Å². The Labute approximate surface area is 149 Å². The van der Waals surface area contributed by atoms with Crippen LogP contribution in [0.5, 0.6) is 0 Å². The molecule has 0 aromatic heterocycles. The Kier molecular flexibility index (Phi) is 6.15. The number of alkyl halides is 3. The fourth-order valence-corrected chi connectivity index (χ4v) is 3.92. The largest absolute Gasteiger partial charge is 0.501 e. The summed E-state index contributed by atoms with van der Waals surface area (Å²) in [4.78, 5) is 12.1. The van der Waals surface area contributed by atoms with Gasteiger partial charge >= 0.3 is 5.51 Å². The Morgan fingerprint density at radius 3 is 2.65 bits per heavy atom. The van der Waals surface area contributed by atoms with E-state index in [1.54, 1.807) is 0 Å². The number of carbonyl (C=O) groups excluding carboxylic acids is 1. The number of halogens is 4. The number of amides is 1. The number of hydrogen-bond donors (Lipinski definition) is 1. The average Bonchev–Trinajstić information content (AvgIpc) is 2.54. The van der Waals surface area contributed by atoms with Crippen molar-refractivity contribution in [3.8, 4) is 0 Å². The van der Waals surface area contributed by atoms with E-state index in [1.807, 2.05) is 6.92 Å². The highest BCUT2D eigenvalue weighted by molar-refractivity contribution is 7.92. The summed E-state index contributed by atoms with van der Waals surface area (Å²) in [7, 11) is -5.70. The summed E-state index contributed by atoms with van der Waals surface area (Å²) in [5.41, 5.74) is -5.74. The third-order valence-corrected chi connectivity index (χ3v) is 5.64. The first-order valence-corrected chi connectivity index (χ1v) is 9.69. The zero-order valence-corrected chi connectivity index (χ0v) is 15.0. The summed E-state index contributed by atoms with van der Waals surface area (Å²) in [6, 6.07) is 2.03. The highest BCUT2D eigenvalue weighted by Crippen LogP contribution is 2.37. The molecule has 2 rings (SSSR count). The van der Waals surface area contributed by atoms with Gasteiger partial charge in [-0.25, -0.2) is 12.8 Å². The van der Waals surface area contributed by atoms with Gasteiger partial charge in [0, 0.05) is 25.6 Å². The van der Waals surface area contributed by atoms with E-state index in [1.165, 1.54) is 4.90 Å². The Balaban J connectivity index is 2.32. The molecule has 0 saturated carbocycles. The number of nitrogens with one attached hydrogen (secondary N) is 1. The van der Waals surface area contributed by atoms with E-state index >= 15 is 0 Å². The Morgan fingerprint density at radius 2 is 2.04 bits per heavy atom. The van der Waals surface area contributed by atoms with Gasteiger partial charge in [-0.3, -0.25) is 4.79 Å². The summed E-state index contributed by atoms with van der Waals surface area (Å²) in [5, 5.41) is 2.79. The van der Waals surface area contributed by atoms with Crippen molar-refractivity contribution in [2.24, 2.45) is 0 Å². The van der Waals surface area contributed by atoms with Crippen molar-refractivity contribution in [3.63, 3.8) is 0 Å². The number of nitrogens with zero attached hydrogens (tertiary/aromatic N) is 1. The third kappa shape index (κ3) is 4.46. The van der Waals surface area contributed by atoms with Crippen LogP contribution < -0.4 is 10.2 Å². The predicted octanol–water partition coefficient (Wildman–Crippen LogP) is 3.00. The third-order valence-electron chi connectivity index (χ3n) is 4.12. The molecule has 0 bridgehead atoms. The van der Waals surface area contributed by atoms with Crippen LogP contribution >= 0.6 is 0 Å². The molecule has 26 heavy (non-hydrogen) atoms. The van der Waals surface area contributed by atoms with Gasteiger partial charge in [-0.2, -0.15) is 13.2 Å². The van der Waals surface area contributed by atoms with Gasteiger partial charge in [0.2, 0.25) is 5.91 Å². The molecule has 1 saturated heterocycles. The first-order chi connectivity index (χ1) is 12.1. The molecule has 10 heteroatoms. The monoisotopic (exact) mass is 396 g/mol. The summed E-state index contributed by atoms with van der Waals surface area (Å²) in [5.74, 6) is -1.23. The summed E-state index contributed by atoms with van der Waals surface area (Å²) in [6.07, 6.45) is 2.18. The number of benzene rings is 1. The second-order valence-corrected chi connectivity index (χ2v) is 8.07. The minimum atomic E-state index is -5.70. The number of carbonyl (C=O) groups is 1. The highest BCUT2D eigenvalue weighted by Gasteiger charge is 2.48. The molecule has 1 aromatic rings. The molecule has 0 spiro atoms. The number of sulfone groups is 1. The SMILES string of the molecule is CCCC(=O)NC1CCCN(c2ccc(F)cc2S(=O)(=O)C(F)(F)F)C1. The molecule has 0 aliphatic carbocycles. The zero-order chi connectivity index (χ0) is 19.5. The normalized spacial score (nSPS) is 18.7. The first kappa shape index (κ1) is 20.5. The van der Waals surface area contributed by atoms with Crippen molar-refractivity contribution >= 4 is 21.4 Å². The molecule has 1 aliphatic rings. The van der Waals surface area contributed by atoms with Gasteiger partial charge in [0.1, 0.15) is 10.7 Å². The topological polar surface area (TPSA) is 66.5 Å². The lowest BCUT2D eigenvalue weighted by Gasteiger charge is -2.35. The van der Waals surface area contributed by atoms with Crippen LogP contribution in [0.25, 0.3) is 0 Å². The minimum absolute atomic E-state index is 0.154. The van der Waals surface area contributed by atoms with Gasteiger partial charge in [0.15, 0.2) is 0 Å². The molecule has 5 nitrogen and oxygen atoms in total. The minimum Gasteiger partial charge on any atom is -0.368 e. The number of hydrogen-bond acceptors (Lipinski definition) is 4. The van der Waals surface area contributed by atoms with Crippen LogP contribution in [0, 0.1) is 5.82 Å². The number of anilines is 1. The van der Waals surface area contributed by atoms with Crippen LogP contribution in [0.3, 0.4) is 0 Å². The molecular weight excluding hydrogens is 376 g/mol. The van der Waals surface area contributed by atoms with Crippen LogP contribution in [-0.2, 0) is 14.6 Å². The molecule has 0 radical (unpaired) electrons. The summed E-state index contributed by atoms with van der Waals surface area (Å²) >= 11 is 0. The van der Waals surface area contributed by atoms with Gasteiger partial charge in [0.05, 0.1) is 5.69 Å². The van der Waals surface area contributed by atoms with Gasteiger partial charge in [-0.1, -0.05) is 6.92 Å². The van der Waals surface area contributed by atoms with Crippen LogP contribution in [0.2, 0.25) is 0 Å². The molecule has 1 aliphatic heterocycles. The van der Waals surface area contributed by atoms with E-state index in [9.17, 15) is 30.8 Å². The van der Waals surface area contributed by atoms with E-state index in [0.29, 0.717) is 38.3 Å². The van der Waals surface area contributed by atoms with Crippen molar-refractivity contribution in [1.29, 1.82) is 0 Å². The standard InChI is InChI=1S/C16H20F4N2O3S/c1-2-4-15(23)21-12-5-3-8-22(10-12)13-7-6-11(17)9-14(13)26(24,25)16(18,19)20/h6-7,9,12H,2-5,8,10H2,1H3,(H,21,23). The van der Waals surface area contributed by atoms with E-state index in [-0.39, 0.29) is 24.2 Å². The fourth-order valence-electron chi connectivity index (χ4n) is 2.93. The van der Waals surface area contributed by atoms with Crippen molar-refractivity contribution in [1.82, 2.24) is 5.32 Å². The maximum absolute atomic E-state index is 13.5. The van der Waals surface area contributed by atoms with E-state index in [4.69, 9.17) is 0 Å². The molecule has 1 unspecified atom stereocenters. The van der Waals surface area contributed by atoms with Gasteiger partial charge in [-0.05, 0) is 37.5 Å². The smallest absolute Gasteiger partial charge is 0.368 e. The zero-order valence-electron chi connectivity index (χ0n) is 14.1. The van der Waals surface area contributed by atoms with Crippen molar-refractivity contribution < 1.29 is 30.8 Å². The molecule has 1 aromatic carbocycles. The second-order valence-electron chi connectivity index (χ2n) is 6.16. The lowest BCUT2D eigenvalue weighted by molar-refractivity contribution is -0.121. The van der Waals surface area contributed by atoms with E-state index < -0.39 is 26.1 Å². The molecule has 1 N–H and O–H groups in total. The molecular formula is C16H20F4N2O3S. The van der Waals surface area contributed by atoms with Crippen molar-refractivity contribution in [2.45, 2.75) is 49.1 Å². The maximum atomic E-state index is 13.5. The number of piperidine rings is 1. The van der Waals surface area contributed by atoms with E-state index in [2.05, 4.69) is 5.32 Å². The molecule has 1 heterocycles. The number of rotatable bonds is 5. The Bertz CT molecular complexity index is 765. The molecule has 1 fully saturated rings. The molecule has 1 atom stereocenters.